The molecule has 2 N–H and O–H groups in total. The molecule has 45 heavy (non-hydrogen) atoms. The summed E-state index contributed by atoms with van der Waals surface area (Å²) in [5, 5.41) is 16.1. The van der Waals surface area contributed by atoms with Gasteiger partial charge in [0.1, 0.15) is 17.9 Å². The van der Waals surface area contributed by atoms with Crippen molar-refractivity contribution in [2.45, 2.75) is 58.3 Å². The quantitative estimate of drug-likeness (QED) is 0.229. The molecule has 0 aliphatic heterocycles. The summed E-state index contributed by atoms with van der Waals surface area (Å²) in [7, 11) is 0. The normalized spacial score (nSPS) is 12.5. The highest BCUT2D eigenvalue weighted by molar-refractivity contribution is 6.32. The summed E-state index contributed by atoms with van der Waals surface area (Å²) in [5.41, 5.74) is -6.59. The molecule has 3 heterocycles. The van der Waals surface area contributed by atoms with Gasteiger partial charge < -0.3 is 10.6 Å². The van der Waals surface area contributed by atoms with Crippen molar-refractivity contribution in [3.8, 4) is 5.82 Å². The van der Waals surface area contributed by atoms with E-state index in [2.05, 4.69) is 30.9 Å². The number of benzene rings is 1. The Kier molecular flexibility index (Phi) is 8.97. The molecule has 2 amide bonds. The van der Waals surface area contributed by atoms with E-state index in [1.807, 2.05) is 0 Å². The summed E-state index contributed by atoms with van der Waals surface area (Å²) in [6.45, 7) is 6.26. The Balaban J connectivity index is 1.75. The molecule has 4 aromatic rings. The maximum Gasteiger partial charge on any atom is 0.437 e. The molecule has 0 aliphatic carbocycles. The smallest absolute Gasteiger partial charge is 0.350 e. The molecule has 0 spiro atoms. The number of aromatic nitrogens is 6. The molecule has 240 valence electrons. The predicted molar refractivity (Wildman–Crippen MR) is 147 cm³/mol. The highest BCUT2D eigenvalue weighted by Gasteiger charge is 2.75. The first-order valence-electron chi connectivity index (χ1n) is 13.0. The van der Waals surface area contributed by atoms with Crippen LogP contribution in [0.15, 0.2) is 42.7 Å². The monoisotopic (exact) mass is 660 g/mol. The van der Waals surface area contributed by atoms with E-state index in [1.54, 1.807) is 39.8 Å². The van der Waals surface area contributed by atoms with Crippen LogP contribution < -0.4 is 10.6 Å². The van der Waals surface area contributed by atoms with Crippen LogP contribution in [0.2, 0.25) is 5.02 Å². The van der Waals surface area contributed by atoms with Crippen molar-refractivity contribution >= 4 is 29.1 Å². The molecule has 3 aromatic heterocycles. The van der Waals surface area contributed by atoms with Gasteiger partial charge in [0.2, 0.25) is 0 Å². The van der Waals surface area contributed by atoms with Crippen LogP contribution in [0.3, 0.4) is 0 Å². The molecular formula is C27H24ClF7N8O2. The Morgan fingerprint density at radius 3 is 2.24 bits per heavy atom. The number of nitrogens with one attached hydrogen (secondary N) is 2. The van der Waals surface area contributed by atoms with Crippen molar-refractivity contribution < 1.29 is 40.3 Å². The third kappa shape index (κ3) is 6.62. The molecule has 18 heteroatoms. The van der Waals surface area contributed by atoms with E-state index < -0.39 is 42.1 Å². The third-order valence-electron chi connectivity index (χ3n) is 6.29. The lowest BCUT2D eigenvalue weighted by Crippen LogP contribution is -2.50. The van der Waals surface area contributed by atoms with Crippen molar-refractivity contribution in [2.24, 2.45) is 0 Å². The van der Waals surface area contributed by atoms with Gasteiger partial charge in [0, 0.05) is 12.2 Å². The van der Waals surface area contributed by atoms with Crippen LogP contribution in [-0.4, -0.2) is 60.0 Å². The maximum atomic E-state index is 14.5. The Morgan fingerprint density at radius 1 is 0.978 bits per heavy atom. The van der Waals surface area contributed by atoms with E-state index in [1.165, 1.54) is 18.3 Å². The van der Waals surface area contributed by atoms with Gasteiger partial charge in [-0.2, -0.15) is 46.4 Å². The molecule has 0 aliphatic rings. The standard InChI is InChI=1S/C27H24ClF7N8O2/c1-13(2)38-23(44)17-9-14(3)8-15(4)21(17)39-24(45)19-10-16(40-43(19)22-18(28)6-5-7-36-22)12-42-37-11-20(41-42)25(29,26(30,31)32)27(33,34)35/h5-11,13H,12H2,1-4H3,(H,38,44)(H,39,45). The molecule has 0 saturated carbocycles. The van der Waals surface area contributed by atoms with Gasteiger partial charge in [-0.1, -0.05) is 17.7 Å². The van der Waals surface area contributed by atoms with Gasteiger partial charge in [0.05, 0.1) is 28.2 Å². The number of halogens is 8. The van der Waals surface area contributed by atoms with Crippen LogP contribution in [-0.2, 0) is 12.2 Å². The summed E-state index contributed by atoms with van der Waals surface area (Å²) in [6.07, 6.45) is -11.4. The number of pyridine rings is 1. The minimum absolute atomic E-state index is 0.00507. The van der Waals surface area contributed by atoms with Crippen LogP contribution in [0.25, 0.3) is 5.82 Å². The predicted octanol–water partition coefficient (Wildman–Crippen LogP) is 5.86. The lowest BCUT2D eigenvalue weighted by molar-refractivity contribution is -0.350. The highest BCUT2D eigenvalue weighted by Crippen LogP contribution is 2.52. The topological polar surface area (TPSA) is 120 Å². The number of hydrogen-bond donors (Lipinski definition) is 2. The number of alkyl halides is 7. The second-order valence-electron chi connectivity index (χ2n) is 10.2. The summed E-state index contributed by atoms with van der Waals surface area (Å²) < 4.78 is 94.6. The highest BCUT2D eigenvalue weighted by atomic mass is 35.5. The number of aryl methyl sites for hydroxylation is 2. The molecular weight excluding hydrogens is 637 g/mol. The maximum absolute atomic E-state index is 14.5. The minimum Gasteiger partial charge on any atom is -0.350 e. The molecule has 10 nitrogen and oxygen atoms in total. The van der Waals surface area contributed by atoms with Crippen molar-refractivity contribution in [1.82, 2.24) is 35.1 Å². The molecule has 4 rings (SSSR count). The summed E-state index contributed by atoms with van der Waals surface area (Å²) in [4.78, 5) is 31.1. The fraction of sp³-hybridized carbons (Fsp3) is 0.333. The molecule has 0 saturated heterocycles. The van der Waals surface area contributed by atoms with Crippen molar-refractivity contribution in [2.75, 3.05) is 5.32 Å². The van der Waals surface area contributed by atoms with Gasteiger partial charge in [0.15, 0.2) is 5.82 Å². The number of anilines is 1. The largest absolute Gasteiger partial charge is 0.437 e. The summed E-state index contributed by atoms with van der Waals surface area (Å²) in [5.74, 6) is -1.34. The number of rotatable bonds is 8. The number of carbonyl (C=O) groups excluding carboxylic acids is 2. The van der Waals surface area contributed by atoms with Crippen LogP contribution in [0, 0.1) is 13.8 Å². The van der Waals surface area contributed by atoms with Crippen LogP contribution in [0.4, 0.5) is 36.4 Å². The second kappa shape index (κ2) is 12.1. The van der Waals surface area contributed by atoms with E-state index in [4.69, 9.17) is 11.6 Å². The Hall–Kier alpha value is -4.54. The third-order valence-corrected chi connectivity index (χ3v) is 6.58. The van der Waals surface area contributed by atoms with Crippen LogP contribution in [0.5, 0.6) is 0 Å². The van der Waals surface area contributed by atoms with Crippen LogP contribution in [0.1, 0.15) is 57.2 Å². The zero-order chi connectivity index (χ0) is 33.5. The molecule has 0 unspecified atom stereocenters. The molecule has 1 aromatic carbocycles. The van der Waals surface area contributed by atoms with E-state index in [0.29, 0.717) is 10.4 Å². The van der Waals surface area contributed by atoms with E-state index in [-0.39, 0.29) is 45.7 Å². The van der Waals surface area contributed by atoms with E-state index in [9.17, 15) is 40.3 Å². The van der Waals surface area contributed by atoms with Crippen molar-refractivity contribution in [3.63, 3.8) is 0 Å². The number of nitrogens with zero attached hydrogens (tertiary/aromatic N) is 6. The first kappa shape index (κ1) is 33.4. The fourth-order valence-corrected chi connectivity index (χ4v) is 4.52. The first-order chi connectivity index (χ1) is 20.8. The average Bonchev–Trinajstić information content (AvgIpc) is 3.55. The van der Waals surface area contributed by atoms with Gasteiger partial charge >= 0.3 is 18.0 Å². The van der Waals surface area contributed by atoms with E-state index in [0.717, 1.165) is 16.3 Å². The van der Waals surface area contributed by atoms with Crippen molar-refractivity contribution in [1.29, 1.82) is 0 Å². The van der Waals surface area contributed by atoms with Gasteiger partial charge in [-0.05, 0) is 63.1 Å². The van der Waals surface area contributed by atoms with Gasteiger partial charge in [0.25, 0.3) is 11.8 Å². The SMILES string of the molecule is Cc1cc(C)c(NC(=O)c2cc(Cn3ncc(C(F)(C(F)(F)F)C(F)(F)F)n3)nn2-c2ncccc2Cl)c(C(=O)NC(C)C)c1. The Bertz CT molecular complexity index is 1730. The van der Waals surface area contributed by atoms with Gasteiger partial charge in [-0.15, -0.1) is 0 Å². The number of amides is 2. The number of hydrogen-bond acceptors (Lipinski definition) is 6. The Labute approximate surface area is 255 Å². The number of carbonyl (C=O) groups is 2. The average molecular weight is 661 g/mol. The molecule has 0 fully saturated rings. The minimum atomic E-state index is -6.38. The molecule has 0 radical (unpaired) electrons. The summed E-state index contributed by atoms with van der Waals surface area (Å²) in [6, 6.07) is 7.15. The van der Waals surface area contributed by atoms with Crippen LogP contribution >= 0.6 is 11.6 Å². The first-order valence-corrected chi connectivity index (χ1v) is 13.4. The van der Waals surface area contributed by atoms with Gasteiger partial charge in [-0.25, -0.2) is 14.1 Å². The second-order valence-corrected chi connectivity index (χ2v) is 10.6. The molecule has 0 atom stereocenters. The lowest BCUT2D eigenvalue weighted by atomic mass is 10.0. The van der Waals surface area contributed by atoms with Gasteiger partial charge in [-0.3, -0.25) is 9.59 Å². The fourth-order valence-electron chi connectivity index (χ4n) is 4.32. The van der Waals surface area contributed by atoms with E-state index >= 15 is 0 Å². The Morgan fingerprint density at radius 2 is 1.64 bits per heavy atom. The lowest BCUT2D eigenvalue weighted by Gasteiger charge is -2.27. The van der Waals surface area contributed by atoms with Crippen molar-refractivity contribution in [3.05, 3.63) is 81.5 Å². The zero-order valence-electron chi connectivity index (χ0n) is 23.8. The summed E-state index contributed by atoms with van der Waals surface area (Å²) >= 11 is 6.27. The molecule has 0 bridgehead atoms. The zero-order valence-corrected chi connectivity index (χ0v) is 24.6.